The van der Waals surface area contributed by atoms with Crippen molar-refractivity contribution in [2.24, 2.45) is 5.92 Å². The van der Waals surface area contributed by atoms with Gasteiger partial charge in [0.25, 0.3) is 0 Å². The number of hydrogen-bond acceptors (Lipinski definition) is 2. The van der Waals surface area contributed by atoms with E-state index in [0.717, 1.165) is 12.0 Å². The second kappa shape index (κ2) is 4.01. The van der Waals surface area contributed by atoms with Gasteiger partial charge in [0.05, 0.1) is 0 Å². The van der Waals surface area contributed by atoms with E-state index in [9.17, 15) is 0 Å². The molecule has 0 aromatic carbocycles. The van der Waals surface area contributed by atoms with Gasteiger partial charge < -0.3 is 5.32 Å². The first-order valence-electron chi connectivity index (χ1n) is 4.90. The fraction of sp³-hybridized carbons (Fsp3) is 1.00. The topological polar surface area (TPSA) is 12.0 Å². The van der Waals surface area contributed by atoms with Crippen LogP contribution in [0.25, 0.3) is 0 Å². The summed E-state index contributed by atoms with van der Waals surface area (Å²) in [6.45, 7) is 9.22. The van der Waals surface area contributed by atoms with Gasteiger partial charge >= 0.3 is 0 Å². The van der Waals surface area contributed by atoms with Gasteiger partial charge in [-0.05, 0) is 19.8 Å². The Hall–Kier alpha value is 0.310. The van der Waals surface area contributed by atoms with E-state index in [1.54, 1.807) is 0 Å². The SMILES string of the molecule is CCC(C)C1CSCC(C)(C)N1. The molecular formula is C10H21NS. The van der Waals surface area contributed by atoms with Crippen molar-refractivity contribution in [2.75, 3.05) is 11.5 Å². The average molecular weight is 187 g/mol. The van der Waals surface area contributed by atoms with Crippen LogP contribution >= 0.6 is 11.8 Å². The summed E-state index contributed by atoms with van der Waals surface area (Å²) in [6, 6.07) is 0.726. The molecule has 1 heterocycles. The van der Waals surface area contributed by atoms with Gasteiger partial charge in [-0.15, -0.1) is 0 Å². The minimum Gasteiger partial charge on any atom is -0.307 e. The third-order valence-electron chi connectivity index (χ3n) is 2.67. The minimum absolute atomic E-state index is 0.344. The number of thioether (sulfide) groups is 1. The summed E-state index contributed by atoms with van der Waals surface area (Å²) in [4.78, 5) is 0. The molecule has 0 aliphatic carbocycles. The lowest BCUT2D eigenvalue weighted by atomic mass is 9.97. The normalized spacial score (nSPS) is 31.5. The van der Waals surface area contributed by atoms with E-state index < -0.39 is 0 Å². The third kappa shape index (κ3) is 2.67. The molecule has 2 heteroatoms. The molecule has 1 rings (SSSR count). The summed E-state index contributed by atoms with van der Waals surface area (Å²) >= 11 is 2.09. The molecule has 2 atom stereocenters. The van der Waals surface area contributed by atoms with Crippen LogP contribution in [0.3, 0.4) is 0 Å². The first-order valence-corrected chi connectivity index (χ1v) is 6.06. The van der Waals surface area contributed by atoms with E-state index in [2.05, 4.69) is 44.8 Å². The lowest BCUT2D eigenvalue weighted by molar-refractivity contribution is 0.301. The Bertz CT molecular complexity index is 145. The molecule has 0 aromatic heterocycles. The maximum Gasteiger partial charge on any atom is 0.0218 e. The van der Waals surface area contributed by atoms with Gasteiger partial charge in [0.15, 0.2) is 0 Å². The maximum absolute atomic E-state index is 3.72. The molecule has 0 amide bonds. The van der Waals surface area contributed by atoms with E-state index in [4.69, 9.17) is 0 Å². The molecule has 1 N–H and O–H groups in total. The van der Waals surface area contributed by atoms with Gasteiger partial charge in [-0.2, -0.15) is 11.8 Å². The molecule has 72 valence electrons. The molecule has 0 bridgehead atoms. The van der Waals surface area contributed by atoms with Crippen LogP contribution in [0.1, 0.15) is 34.1 Å². The molecule has 0 saturated carbocycles. The molecule has 0 aromatic rings. The van der Waals surface area contributed by atoms with Crippen LogP contribution in [-0.4, -0.2) is 23.1 Å². The van der Waals surface area contributed by atoms with Gasteiger partial charge in [-0.1, -0.05) is 20.3 Å². The standard InChI is InChI=1S/C10H21NS/c1-5-8(2)9-6-12-7-10(3,4)11-9/h8-9,11H,5-7H2,1-4H3. The number of hydrogen-bond donors (Lipinski definition) is 1. The zero-order valence-electron chi connectivity index (χ0n) is 8.68. The molecule has 1 aliphatic heterocycles. The smallest absolute Gasteiger partial charge is 0.0218 e. The molecule has 2 unspecified atom stereocenters. The molecule has 12 heavy (non-hydrogen) atoms. The number of nitrogens with one attached hydrogen (secondary N) is 1. The summed E-state index contributed by atoms with van der Waals surface area (Å²) in [5.74, 6) is 3.36. The Balaban J connectivity index is 2.46. The van der Waals surface area contributed by atoms with E-state index in [1.165, 1.54) is 17.9 Å². The van der Waals surface area contributed by atoms with Crippen LogP contribution in [0.2, 0.25) is 0 Å². The van der Waals surface area contributed by atoms with Gasteiger partial charge in [-0.3, -0.25) is 0 Å². The first-order chi connectivity index (χ1) is 5.55. The largest absolute Gasteiger partial charge is 0.307 e. The molecule has 1 saturated heterocycles. The van der Waals surface area contributed by atoms with E-state index >= 15 is 0 Å². The quantitative estimate of drug-likeness (QED) is 0.713. The second-order valence-electron chi connectivity index (χ2n) is 4.54. The molecular weight excluding hydrogens is 166 g/mol. The first kappa shape index (κ1) is 10.4. The molecule has 1 aliphatic rings. The zero-order chi connectivity index (χ0) is 9.19. The molecule has 1 nitrogen and oxygen atoms in total. The predicted molar refractivity (Wildman–Crippen MR) is 57.8 cm³/mol. The van der Waals surface area contributed by atoms with Crippen LogP contribution < -0.4 is 5.32 Å². The van der Waals surface area contributed by atoms with Crippen LogP contribution in [-0.2, 0) is 0 Å². The van der Waals surface area contributed by atoms with E-state index in [1.807, 2.05) is 0 Å². The summed E-state index contributed by atoms with van der Waals surface area (Å²) in [6.07, 6.45) is 1.29. The second-order valence-corrected chi connectivity index (χ2v) is 5.57. The highest BCUT2D eigenvalue weighted by atomic mass is 32.2. The van der Waals surface area contributed by atoms with Gasteiger partial charge in [0, 0.05) is 23.1 Å². The highest BCUT2D eigenvalue weighted by molar-refractivity contribution is 7.99. The van der Waals surface area contributed by atoms with Gasteiger partial charge in [-0.25, -0.2) is 0 Å². The van der Waals surface area contributed by atoms with Gasteiger partial charge in [0.1, 0.15) is 0 Å². The summed E-state index contributed by atoms with van der Waals surface area (Å²) in [7, 11) is 0. The Morgan fingerprint density at radius 3 is 2.75 bits per heavy atom. The number of rotatable bonds is 2. The van der Waals surface area contributed by atoms with Crippen molar-refractivity contribution in [2.45, 2.75) is 45.7 Å². The molecule has 0 spiro atoms. The van der Waals surface area contributed by atoms with Crippen molar-refractivity contribution >= 4 is 11.8 Å². The van der Waals surface area contributed by atoms with E-state index in [0.29, 0.717) is 5.54 Å². The van der Waals surface area contributed by atoms with E-state index in [-0.39, 0.29) is 0 Å². The van der Waals surface area contributed by atoms with Crippen molar-refractivity contribution in [3.05, 3.63) is 0 Å². The lowest BCUT2D eigenvalue weighted by Gasteiger charge is -2.39. The van der Waals surface area contributed by atoms with Crippen molar-refractivity contribution in [1.82, 2.24) is 5.32 Å². The lowest BCUT2D eigenvalue weighted by Crippen LogP contribution is -2.54. The van der Waals surface area contributed by atoms with Crippen molar-refractivity contribution in [3.63, 3.8) is 0 Å². The summed E-state index contributed by atoms with van der Waals surface area (Å²) in [5.41, 5.74) is 0.344. The van der Waals surface area contributed by atoms with Crippen molar-refractivity contribution in [3.8, 4) is 0 Å². The van der Waals surface area contributed by atoms with Crippen molar-refractivity contribution in [1.29, 1.82) is 0 Å². The average Bonchev–Trinajstić information content (AvgIpc) is 2.01. The molecule has 0 radical (unpaired) electrons. The van der Waals surface area contributed by atoms with Crippen LogP contribution in [0.4, 0.5) is 0 Å². The minimum atomic E-state index is 0.344. The fourth-order valence-electron chi connectivity index (χ4n) is 1.62. The Morgan fingerprint density at radius 1 is 1.58 bits per heavy atom. The van der Waals surface area contributed by atoms with Gasteiger partial charge in [0.2, 0.25) is 0 Å². The summed E-state index contributed by atoms with van der Waals surface area (Å²) < 4.78 is 0. The highest BCUT2D eigenvalue weighted by Gasteiger charge is 2.29. The third-order valence-corrected chi connectivity index (χ3v) is 4.19. The van der Waals surface area contributed by atoms with Crippen LogP contribution in [0, 0.1) is 5.92 Å². The Kier molecular flexibility index (Phi) is 3.47. The summed E-state index contributed by atoms with van der Waals surface area (Å²) in [5, 5.41) is 3.72. The monoisotopic (exact) mass is 187 g/mol. The molecule has 1 fully saturated rings. The maximum atomic E-state index is 3.72. The van der Waals surface area contributed by atoms with Crippen LogP contribution in [0.15, 0.2) is 0 Å². The predicted octanol–water partition coefficient (Wildman–Crippen LogP) is 2.52. The fourth-order valence-corrected chi connectivity index (χ4v) is 2.99. The zero-order valence-corrected chi connectivity index (χ0v) is 9.50. The Morgan fingerprint density at radius 2 is 2.25 bits per heavy atom. The Labute approximate surface area is 80.7 Å². The van der Waals surface area contributed by atoms with Crippen LogP contribution in [0.5, 0.6) is 0 Å². The van der Waals surface area contributed by atoms with Crippen molar-refractivity contribution < 1.29 is 0 Å². The highest BCUT2D eigenvalue weighted by Crippen LogP contribution is 2.24.